The monoisotopic (exact) mass is 588 g/mol. The maximum atomic E-state index is 2.45. The van der Waals surface area contributed by atoms with E-state index in [2.05, 4.69) is 92.0 Å². The molecule has 1 aliphatic rings. The van der Waals surface area contributed by atoms with Crippen LogP contribution in [0.1, 0.15) is 22.6 Å². The van der Waals surface area contributed by atoms with Crippen LogP contribution in [0.15, 0.2) is 78.9 Å². The van der Waals surface area contributed by atoms with Crippen LogP contribution in [0.5, 0.6) is 0 Å². The van der Waals surface area contributed by atoms with Gasteiger partial charge in [-0.1, -0.05) is 67.7 Å². The van der Waals surface area contributed by atoms with Crippen LogP contribution in [0.3, 0.4) is 0 Å². The summed E-state index contributed by atoms with van der Waals surface area (Å²) in [5, 5.41) is 4.45. The first kappa shape index (κ1) is 23.2. The largest absolute Gasteiger partial charge is 0.155 e. The molecule has 0 saturated heterocycles. The first-order valence-electron chi connectivity index (χ1n) is 8.93. The molecular formula is C24H22Cl2HfSi-. The Morgan fingerprint density at radius 2 is 1.21 bits per heavy atom. The Hall–Kier alpha value is -1.06. The van der Waals surface area contributed by atoms with E-state index in [1.165, 1.54) is 38.6 Å². The Labute approximate surface area is 199 Å². The van der Waals surface area contributed by atoms with E-state index in [0.717, 1.165) is 0 Å². The zero-order valence-electron chi connectivity index (χ0n) is 15.9. The summed E-state index contributed by atoms with van der Waals surface area (Å²) in [7, 11) is -0.564. The summed E-state index contributed by atoms with van der Waals surface area (Å²) in [6, 6.07) is 29.2. The number of halogens is 2. The Kier molecular flexibility index (Phi) is 7.60. The van der Waals surface area contributed by atoms with Gasteiger partial charge in [0, 0.05) is 40.6 Å². The molecule has 0 N–H and O–H groups in total. The SMILES string of the molecule is C[Si](C)c1c(C2c3ccccc3-c3ccccc32)[cH-]c2ccccc12.Cl.Cl.[Hf]. The first-order chi connectivity index (χ1) is 12.3. The summed E-state index contributed by atoms with van der Waals surface area (Å²) in [6.45, 7) is 4.84. The van der Waals surface area contributed by atoms with E-state index >= 15 is 0 Å². The number of rotatable bonds is 2. The van der Waals surface area contributed by atoms with Gasteiger partial charge in [-0.05, 0) is 22.3 Å². The molecule has 141 valence electrons. The molecule has 4 aromatic carbocycles. The molecule has 0 fully saturated rings. The van der Waals surface area contributed by atoms with E-state index in [9.17, 15) is 0 Å². The van der Waals surface area contributed by atoms with Crippen molar-refractivity contribution in [1.29, 1.82) is 0 Å². The maximum absolute atomic E-state index is 2.45. The molecule has 0 aromatic heterocycles. The second kappa shape index (κ2) is 9.17. The summed E-state index contributed by atoms with van der Waals surface area (Å²) < 4.78 is 0. The molecule has 0 saturated carbocycles. The fraction of sp³-hybridized carbons (Fsp3) is 0.125. The summed E-state index contributed by atoms with van der Waals surface area (Å²) >= 11 is 0. The molecule has 28 heavy (non-hydrogen) atoms. The van der Waals surface area contributed by atoms with Crippen LogP contribution in [0.2, 0.25) is 13.1 Å². The minimum atomic E-state index is -0.564. The molecule has 0 spiro atoms. The van der Waals surface area contributed by atoms with Crippen LogP contribution in [-0.2, 0) is 25.8 Å². The van der Waals surface area contributed by atoms with Crippen LogP contribution < -0.4 is 5.19 Å². The van der Waals surface area contributed by atoms with Gasteiger partial charge < -0.3 is 0 Å². The van der Waals surface area contributed by atoms with Gasteiger partial charge in [0.2, 0.25) is 0 Å². The molecule has 0 amide bonds. The summed E-state index contributed by atoms with van der Waals surface area (Å²) in [5.41, 5.74) is 7.25. The second-order valence-electron chi connectivity index (χ2n) is 7.17. The van der Waals surface area contributed by atoms with E-state index in [1.807, 2.05) is 0 Å². The van der Waals surface area contributed by atoms with Crippen molar-refractivity contribution in [3.8, 4) is 11.1 Å². The molecule has 4 aromatic rings. The Bertz CT molecular complexity index is 1060. The van der Waals surface area contributed by atoms with Crippen molar-refractivity contribution in [2.45, 2.75) is 19.0 Å². The minimum absolute atomic E-state index is 0. The van der Waals surface area contributed by atoms with Crippen LogP contribution in [-0.4, -0.2) is 8.80 Å². The van der Waals surface area contributed by atoms with Gasteiger partial charge in [-0.25, -0.2) is 0 Å². The number of hydrogen-bond donors (Lipinski definition) is 0. The predicted molar refractivity (Wildman–Crippen MR) is 124 cm³/mol. The van der Waals surface area contributed by atoms with E-state index in [0.29, 0.717) is 5.92 Å². The van der Waals surface area contributed by atoms with Crippen molar-refractivity contribution in [2.75, 3.05) is 0 Å². The van der Waals surface area contributed by atoms with Gasteiger partial charge in [-0.3, -0.25) is 0 Å². The molecule has 0 aliphatic heterocycles. The standard InChI is InChI=1S/C24H20Si.2ClH.Hf/c1-25(2)24-17-10-4-3-9-16(17)15-22(24)23-20-13-7-5-11-18(20)19-12-6-8-14-21(19)23;;;/h3-15,23H,1-2H3;2*1H;/q-1;;;. The third-order valence-electron chi connectivity index (χ3n) is 5.47. The molecule has 0 atom stereocenters. The molecule has 0 bridgehead atoms. The van der Waals surface area contributed by atoms with Crippen molar-refractivity contribution < 1.29 is 25.8 Å². The molecule has 5 rings (SSSR count). The van der Waals surface area contributed by atoms with Crippen LogP contribution >= 0.6 is 24.8 Å². The number of fused-ring (bicyclic) bond motifs is 4. The predicted octanol–water partition coefficient (Wildman–Crippen LogP) is 6.52. The fourth-order valence-electron chi connectivity index (χ4n) is 4.52. The van der Waals surface area contributed by atoms with E-state index in [4.69, 9.17) is 0 Å². The van der Waals surface area contributed by atoms with E-state index in [1.54, 1.807) is 5.19 Å². The molecule has 0 unspecified atom stereocenters. The molecule has 1 radical (unpaired) electrons. The van der Waals surface area contributed by atoms with Gasteiger partial charge in [-0.2, -0.15) is 5.19 Å². The molecule has 4 heteroatoms. The quantitative estimate of drug-likeness (QED) is 0.163. The van der Waals surface area contributed by atoms with Crippen molar-refractivity contribution >= 4 is 49.6 Å². The van der Waals surface area contributed by atoms with Gasteiger partial charge in [0.25, 0.3) is 0 Å². The van der Waals surface area contributed by atoms with Crippen LogP contribution in [0.25, 0.3) is 21.9 Å². The van der Waals surface area contributed by atoms with Gasteiger partial charge in [0.05, 0.1) is 0 Å². The number of benzene rings is 3. The van der Waals surface area contributed by atoms with Crippen LogP contribution in [0.4, 0.5) is 0 Å². The Morgan fingerprint density at radius 3 is 1.79 bits per heavy atom. The molecule has 1 aliphatic carbocycles. The molecular weight excluding hydrogens is 566 g/mol. The Morgan fingerprint density at radius 1 is 0.714 bits per heavy atom. The summed E-state index contributed by atoms with van der Waals surface area (Å²) in [4.78, 5) is 0. The smallest absolute Gasteiger partial charge is 0.0177 e. The minimum Gasteiger partial charge on any atom is -0.155 e. The van der Waals surface area contributed by atoms with Gasteiger partial charge in [-0.15, -0.1) is 65.4 Å². The van der Waals surface area contributed by atoms with Gasteiger partial charge in [0.1, 0.15) is 0 Å². The fourth-order valence-corrected chi connectivity index (χ4v) is 6.08. The number of hydrogen-bond acceptors (Lipinski definition) is 0. The van der Waals surface area contributed by atoms with Crippen LogP contribution in [0, 0.1) is 0 Å². The van der Waals surface area contributed by atoms with Crippen molar-refractivity contribution in [1.82, 2.24) is 0 Å². The Balaban J connectivity index is 0.000000934. The molecule has 0 heterocycles. The first-order valence-corrected chi connectivity index (χ1v) is 11.4. The third kappa shape index (κ3) is 3.50. The zero-order chi connectivity index (χ0) is 17.0. The topological polar surface area (TPSA) is 0 Å². The van der Waals surface area contributed by atoms with Crippen molar-refractivity contribution in [3.05, 3.63) is 95.6 Å². The van der Waals surface area contributed by atoms with E-state index < -0.39 is 8.80 Å². The van der Waals surface area contributed by atoms with Crippen molar-refractivity contribution in [2.24, 2.45) is 0 Å². The summed E-state index contributed by atoms with van der Waals surface area (Å²) in [5.74, 6) is 0.370. The zero-order valence-corrected chi connectivity index (χ0v) is 22.1. The normalized spacial score (nSPS) is 12.0. The maximum Gasteiger partial charge on any atom is 0.0177 e. The molecule has 0 nitrogen and oxygen atoms in total. The average molecular weight is 588 g/mol. The van der Waals surface area contributed by atoms with Crippen molar-refractivity contribution in [3.63, 3.8) is 0 Å². The second-order valence-corrected chi connectivity index (χ2v) is 9.67. The van der Waals surface area contributed by atoms with Gasteiger partial charge >= 0.3 is 0 Å². The summed E-state index contributed by atoms with van der Waals surface area (Å²) in [6.07, 6.45) is 0. The van der Waals surface area contributed by atoms with E-state index in [-0.39, 0.29) is 50.7 Å². The van der Waals surface area contributed by atoms with Gasteiger partial charge in [0.15, 0.2) is 0 Å². The third-order valence-corrected chi connectivity index (χ3v) is 7.03. The average Bonchev–Trinajstić information content (AvgIpc) is 3.17.